The lowest BCUT2D eigenvalue weighted by Gasteiger charge is -2.37. The van der Waals surface area contributed by atoms with Gasteiger partial charge in [-0.2, -0.15) is 0 Å². The SMILES string of the molecule is c1cn(C2CCOC3(CCOC3)C2)cn1. The van der Waals surface area contributed by atoms with Crippen molar-refractivity contribution in [2.75, 3.05) is 19.8 Å². The van der Waals surface area contributed by atoms with E-state index in [2.05, 4.69) is 9.55 Å². The van der Waals surface area contributed by atoms with Gasteiger partial charge in [0.15, 0.2) is 0 Å². The van der Waals surface area contributed by atoms with Crippen LogP contribution in [0, 0.1) is 0 Å². The van der Waals surface area contributed by atoms with E-state index in [-0.39, 0.29) is 5.60 Å². The number of hydrogen-bond donors (Lipinski definition) is 0. The van der Waals surface area contributed by atoms with Crippen LogP contribution in [-0.2, 0) is 9.47 Å². The quantitative estimate of drug-likeness (QED) is 0.699. The third-order valence-electron chi connectivity index (χ3n) is 3.48. The van der Waals surface area contributed by atoms with E-state index in [0.717, 1.165) is 39.1 Å². The van der Waals surface area contributed by atoms with Gasteiger partial charge < -0.3 is 14.0 Å². The van der Waals surface area contributed by atoms with Crippen LogP contribution >= 0.6 is 0 Å². The monoisotopic (exact) mass is 208 g/mol. The summed E-state index contributed by atoms with van der Waals surface area (Å²) in [6.07, 6.45) is 8.96. The van der Waals surface area contributed by atoms with Crippen LogP contribution < -0.4 is 0 Å². The van der Waals surface area contributed by atoms with E-state index in [1.807, 2.05) is 18.7 Å². The molecule has 0 amide bonds. The van der Waals surface area contributed by atoms with Crippen molar-refractivity contribution in [2.45, 2.75) is 30.9 Å². The molecule has 2 saturated heterocycles. The van der Waals surface area contributed by atoms with Crippen LogP contribution in [0.2, 0.25) is 0 Å². The Labute approximate surface area is 89.2 Å². The van der Waals surface area contributed by atoms with Crippen molar-refractivity contribution in [1.29, 1.82) is 0 Å². The summed E-state index contributed by atoms with van der Waals surface area (Å²) >= 11 is 0. The molecule has 2 fully saturated rings. The third-order valence-corrected chi connectivity index (χ3v) is 3.48. The molecular formula is C11H16N2O2. The van der Waals surface area contributed by atoms with Crippen molar-refractivity contribution in [1.82, 2.24) is 9.55 Å². The fourth-order valence-corrected chi connectivity index (χ4v) is 2.61. The zero-order valence-corrected chi connectivity index (χ0v) is 8.76. The summed E-state index contributed by atoms with van der Waals surface area (Å²) in [5.41, 5.74) is -0.00676. The Balaban J connectivity index is 1.76. The molecule has 0 saturated carbocycles. The van der Waals surface area contributed by atoms with Gasteiger partial charge in [0, 0.05) is 38.1 Å². The van der Waals surface area contributed by atoms with Crippen LogP contribution in [-0.4, -0.2) is 35.0 Å². The van der Waals surface area contributed by atoms with E-state index in [1.54, 1.807) is 0 Å². The maximum atomic E-state index is 5.90. The fourth-order valence-electron chi connectivity index (χ4n) is 2.61. The van der Waals surface area contributed by atoms with E-state index in [4.69, 9.17) is 9.47 Å². The van der Waals surface area contributed by atoms with E-state index in [9.17, 15) is 0 Å². The average molecular weight is 208 g/mol. The first-order valence-electron chi connectivity index (χ1n) is 5.57. The van der Waals surface area contributed by atoms with Crippen LogP contribution in [0.1, 0.15) is 25.3 Å². The molecule has 4 heteroatoms. The van der Waals surface area contributed by atoms with Gasteiger partial charge in [-0.3, -0.25) is 0 Å². The number of imidazole rings is 1. The Morgan fingerprint density at radius 3 is 3.13 bits per heavy atom. The van der Waals surface area contributed by atoms with Crippen molar-refractivity contribution in [3.63, 3.8) is 0 Å². The van der Waals surface area contributed by atoms with Crippen molar-refractivity contribution in [3.8, 4) is 0 Å². The van der Waals surface area contributed by atoms with E-state index < -0.39 is 0 Å². The van der Waals surface area contributed by atoms with Gasteiger partial charge >= 0.3 is 0 Å². The van der Waals surface area contributed by atoms with Gasteiger partial charge in [-0.1, -0.05) is 0 Å². The minimum Gasteiger partial charge on any atom is -0.378 e. The lowest BCUT2D eigenvalue weighted by atomic mass is 9.89. The zero-order chi connectivity index (χ0) is 10.1. The first-order chi connectivity index (χ1) is 7.38. The summed E-state index contributed by atoms with van der Waals surface area (Å²) in [6.45, 7) is 2.45. The maximum Gasteiger partial charge on any atom is 0.0956 e. The molecule has 2 atom stereocenters. The summed E-state index contributed by atoms with van der Waals surface area (Å²) in [5, 5.41) is 0. The molecule has 1 aromatic heterocycles. The van der Waals surface area contributed by atoms with Crippen LogP contribution in [0.3, 0.4) is 0 Å². The summed E-state index contributed by atoms with van der Waals surface area (Å²) in [5.74, 6) is 0. The van der Waals surface area contributed by atoms with Crippen molar-refractivity contribution in [3.05, 3.63) is 18.7 Å². The Morgan fingerprint density at radius 2 is 2.40 bits per heavy atom. The standard InChI is InChI=1S/C11H16N2O2/c1-5-15-11(2-6-14-8-11)7-10(1)13-4-3-12-9-13/h3-4,9-10H,1-2,5-8H2. The van der Waals surface area contributed by atoms with Crippen LogP contribution in [0.5, 0.6) is 0 Å². The molecule has 2 unspecified atom stereocenters. The first-order valence-corrected chi connectivity index (χ1v) is 5.57. The molecule has 82 valence electrons. The summed E-state index contributed by atoms with van der Waals surface area (Å²) < 4.78 is 13.5. The molecule has 0 radical (unpaired) electrons. The number of aromatic nitrogens is 2. The van der Waals surface area contributed by atoms with Gasteiger partial charge in [0.2, 0.25) is 0 Å². The smallest absolute Gasteiger partial charge is 0.0956 e. The molecule has 2 aliphatic heterocycles. The highest BCUT2D eigenvalue weighted by Crippen LogP contribution is 2.37. The second-order valence-electron chi connectivity index (χ2n) is 4.49. The van der Waals surface area contributed by atoms with Crippen molar-refractivity contribution in [2.24, 2.45) is 0 Å². The van der Waals surface area contributed by atoms with E-state index in [1.165, 1.54) is 0 Å². The lowest BCUT2D eigenvalue weighted by molar-refractivity contribution is -0.0948. The summed E-state index contributed by atoms with van der Waals surface area (Å²) in [4.78, 5) is 4.10. The highest BCUT2D eigenvalue weighted by molar-refractivity contribution is 4.94. The average Bonchev–Trinajstić information content (AvgIpc) is 2.89. The molecular weight excluding hydrogens is 192 g/mol. The van der Waals surface area contributed by atoms with E-state index in [0.29, 0.717) is 6.04 Å². The number of ether oxygens (including phenoxy) is 2. The predicted octanol–water partition coefficient (Wildman–Crippen LogP) is 1.39. The Hall–Kier alpha value is -0.870. The second kappa shape index (κ2) is 3.61. The fraction of sp³-hybridized carbons (Fsp3) is 0.727. The number of hydrogen-bond acceptors (Lipinski definition) is 3. The Morgan fingerprint density at radius 1 is 1.40 bits per heavy atom. The Kier molecular flexibility index (Phi) is 2.25. The highest BCUT2D eigenvalue weighted by atomic mass is 16.6. The van der Waals surface area contributed by atoms with Gasteiger partial charge in [0.1, 0.15) is 0 Å². The molecule has 0 aliphatic carbocycles. The molecule has 0 N–H and O–H groups in total. The predicted molar refractivity (Wildman–Crippen MR) is 54.6 cm³/mol. The minimum absolute atomic E-state index is 0.00676. The maximum absolute atomic E-state index is 5.90. The Bertz CT molecular complexity index is 317. The first kappa shape index (κ1) is 9.36. The van der Waals surface area contributed by atoms with Crippen LogP contribution in [0.25, 0.3) is 0 Å². The molecule has 3 rings (SSSR count). The molecule has 15 heavy (non-hydrogen) atoms. The zero-order valence-electron chi connectivity index (χ0n) is 8.76. The molecule has 0 bridgehead atoms. The van der Waals surface area contributed by atoms with Crippen LogP contribution in [0.15, 0.2) is 18.7 Å². The van der Waals surface area contributed by atoms with E-state index >= 15 is 0 Å². The molecule has 2 aliphatic rings. The molecule has 4 nitrogen and oxygen atoms in total. The van der Waals surface area contributed by atoms with Gasteiger partial charge in [-0.05, 0) is 12.8 Å². The van der Waals surface area contributed by atoms with Crippen molar-refractivity contribution < 1.29 is 9.47 Å². The van der Waals surface area contributed by atoms with Gasteiger partial charge in [0.05, 0.1) is 18.5 Å². The lowest BCUT2D eigenvalue weighted by Crippen LogP contribution is -2.40. The van der Waals surface area contributed by atoms with Crippen molar-refractivity contribution >= 4 is 0 Å². The second-order valence-corrected chi connectivity index (χ2v) is 4.49. The minimum atomic E-state index is -0.00676. The van der Waals surface area contributed by atoms with Gasteiger partial charge in [-0.15, -0.1) is 0 Å². The van der Waals surface area contributed by atoms with Gasteiger partial charge in [0.25, 0.3) is 0 Å². The summed E-state index contributed by atoms with van der Waals surface area (Å²) in [7, 11) is 0. The number of rotatable bonds is 1. The molecule has 0 aromatic carbocycles. The van der Waals surface area contributed by atoms with Gasteiger partial charge in [-0.25, -0.2) is 4.98 Å². The normalized spacial score (nSPS) is 36.1. The highest BCUT2D eigenvalue weighted by Gasteiger charge is 2.41. The summed E-state index contributed by atoms with van der Waals surface area (Å²) in [6, 6.07) is 0.531. The number of nitrogens with zero attached hydrogens (tertiary/aromatic N) is 2. The topological polar surface area (TPSA) is 36.3 Å². The molecule has 1 spiro atoms. The molecule has 1 aromatic rings. The third kappa shape index (κ3) is 1.68. The van der Waals surface area contributed by atoms with Crippen LogP contribution in [0.4, 0.5) is 0 Å². The largest absolute Gasteiger partial charge is 0.378 e. The molecule has 3 heterocycles.